The Morgan fingerprint density at radius 2 is 1.61 bits per heavy atom. The van der Waals surface area contributed by atoms with Crippen molar-refractivity contribution < 1.29 is 29.7 Å². The number of carboxylic acids is 2. The number of carboxylic acid groups (broad SMARTS) is 2. The van der Waals surface area contributed by atoms with Gasteiger partial charge in [0, 0.05) is 10.6 Å². The van der Waals surface area contributed by atoms with Gasteiger partial charge in [-0.25, -0.2) is 9.59 Å². The highest BCUT2D eigenvalue weighted by molar-refractivity contribution is 6.31. The van der Waals surface area contributed by atoms with Crippen molar-refractivity contribution in [2.75, 3.05) is 0 Å². The standard InChI is InChI=1S/C25H22ClNO6/c1-14-12-16(10-11-17(14)18-7-3-4-8-19(18)24(30)31)23(29)27-21(22(28)25(32)33)13-15-6-2-5-9-20(15)26/h2-12,21-22,28H,13H2,1H3,(H,27,29)(H,30,31)(H,32,33)/t21-,22-/m1/s1. The molecule has 0 aromatic heterocycles. The molecule has 0 heterocycles. The first kappa shape index (κ1) is 24.0. The Bertz CT molecular complexity index is 1210. The number of aryl methyl sites for hydroxylation is 1. The van der Waals surface area contributed by atoms with E-state index in [1.807, 2.05) is 0 Å². The van der Waals surface area contributed by atoms with E-state index in [4.69, 9.17) is 11.6 Å². The number of aliphatic hydroxyl groups excluding tert-OH is 1. The third-order valence-corrected chi connectivity index (χ3v) is 5.65. The maximum absolute atomic E-state index is 12.9. The van der Waals surface area contributed by atoms with Crippen molar-refractivity contribution in [1.29, 1.82) is 0 Å². The lowest BCUT2D eigenvalue weighted by molar-refractivity contribution is -0.148. The highest BCUT2D eigenvalue weighted by Crippen LogP contribution is 2.28. The minimum absolute atomic E-state index is 0.0158. The van der Waals surface area contributed by atoms with Gasteiger partial charge >= 0.3 is 11.9 Å². The molecular weight excluding hydrogens is 446 g/mol. The predicted molar refractivity (Wildman–Crippen MR) is 124 cm³/mol. The van der Waals surface area contributed by atoms with Gasteiger partial charge in [-0.1, -0.05) is 54.1 Å². The van der Waals surface area contributed by atoms with Crippen molar-refractivity contribution in [3.8, 4) is 11.1 Å². The molecule has 3 rings (SSSR count). The summed E-state index contributed by atoms with van der Waals surface area (Å²) in [5, 5.41) is 31.9. The van der Waals surface area contributed by atoms with Crippen LogP contribution in [0, 0.1) is 6.92 Å². The summed E-state index contributed by atoms with van der Waals surface area (Å²) in [5.74, 6) is -3.10. The molecule has 3 aromatic rings. The molecule has 33 heavy (non-hydrogen) atoms. The number of hydrogen-bond acceptors (Lipinski definition) is 4. The Balaban J connectivity index is 1.87. The maximum atomic E-state index is 12.9. The van der Waals surface area contributed by atoms with E-state index in [0.29, 0.717) is 27.3 Å². The summed E-state index contributed by atoms with van der Waals surface area (Å²) in [4.78, 5) is 35.8. The van der Waals surface area contributed by atoms with Gasteiger partial charge in [-0.15, -0.1) is 0 Å². The molecule has 0 fully saturated rings. The average Bonchev–Trinajstić information content (AvgIpc) is 2.79. The second-order valence-electron chi connectivity index (χ2n) is 7.54. The van der Waals surface area contributed by atoms with Gasteiger partial charge in [0.15, 0.2) is 6.10 Å². The number of carbonyl (C=O) groups is 3. The molecule has 0 spiro atoms. The second kappa shape index (κ2) is 10.3. The SMILES string of the molecule is Cc1cc(C(=O)N[C@H](Cc2ccccc2Cl)[C@@H](O)C(=O)O)ccc1-c1ccccc1C(=O)O. The van der Waals surface area contributed by atoms with E-state index in [0.717, 1.165) is 0 Å². The van der Waals surface area contributed by atoms with Crippen LogP contribution in [0.25, 0.3) is 11.1 Å². The van der Waals surface area contributed by atoms with Gasteiger partial charge < -0.3 is 20.6 Å². The Morgan fingerprint density at radius 1 is 0.939 bits per heavy atom. The molecule has 0 aliphatic rings. The Labute approximate surface area is 195 Å². The molecule has 8 heteroatoms. The number of hydrogen-bond donors (Lipinski definition) is 4. The van der Waals surface area contributed by atoms with Crippen LogP contribution in [0.5, 0.6) is 0 Å². The molecule has 0 bridgehead atoms. The third-order valence-electron chi connectivity index (χ3n) is 5.28. The van der Waals surface area contributed by atoms with Gasteiger partial charge in [0.2, 0.25) is 0 Å². The minimum Gasteiger partial charge on any atom is -0.479 e. The van der Waals surface area contributed by atoms with Crippen molar-refractivity contribution in [2.24, 2.45) is 0 Å². The largest absolute Gasteiger partial charge is 0.479 e. The zero-order valence-corrected chi connectivity index (χ0v) is 18.4. The van der Waals surface area contributed by atoms with Crippen LogP contribution in [0.3, 0.4) is 0 Å². The quantitative estimate of drug-likeness (QED) is 0.399. The number of aromatic carboxylic acids is 1. The monoisotopic (exact) mass is 467 g/mol. The average molecular weight is 468 g/mol. The highest BCUT2D eigenvalue weighted by atomic mass is 35.5. The zero-order valence-electron chi connectivity index (χ0n) is 17.7. The lowest BCUT2D eigenvalue weighted by atomic mass is 9.94. The lowest BCUT2D eigenvalue weighted by Crippen LogP contribution is -2.48. The Hall–Kier alpha value is -3.68. The van der Waals surface area contributed by atoms with Crippen molar-refractivity contribution in [3.05, 3.63) is 94.0 Å². The number of halogens is 1. The lowest BCUT2D eigenvalue weighted by Gasteiger charge is -2.22. The third kappa shape index (κ3) is 5.58. The van der Waals surface area contributed by atoms with E-state index in [9.17, 15) is 29.7 Å². The van der Waals surface area contributed by atoms with Crippen LogP contribution >= 0.6 is 11.6 Å². The smallest absolute Gasteiger partial charge is 0.336 e. The van der Waals surface area contributed by atoms with E-state index in [-0.39, 0.29) is 17.5 Å². The van der Waals surface area contributed by atoms with E-state index in [1.165, 1.54) is 12.1 Å². The molecule has 4 N–H and O–H groups in total. The van der Waals surface area contributed by atoms with E-state index in [1.54, 1.807) is 61.5 Å². The normalized spacial score (nSPS) is 12.6. The number of amides is 1. The topological polar surface area (TPSA) is 124 Å². The van der Waals surface area contributed by atoms with E-state index >= 15 is 0 Å². The molecule has 170 valence electrons. The van der Waals surface area contributed by atoms with Crippen LogP contribution in [-0.2, 0) is 11.2 Å². The number of aliphatic hydroxyl groups is 1. The fraction of sp³-hybridized carbons (Fsp3) is 0.160. The van der Waals surface area contributed by atoms with Gasteiger partial charge in [0.1, 0.15) is 0 Å². The molecule has 0 saturated heterocycles. The molecule has 0 aliphatic heterocycles. The molecule has 0 saturated carbocycles. The van der Waals surface area contributed by atoms with Crippen molar-refractivity contribution in [1.82, 2.24) is 5.32 Å². The molecular formula is C25H22ClNO6. The molecule has 0 radical (unpaired) electrons. The van der Waals surface area contributed by atoms with Crippen LogP contribution in [0.15, 0.2) is 66.7 Å². The number of benzene rings is 3. The first-order chi connectivity index (χ1) is 15.7. The molecule has 7 nitrogen and oxygen atoms in total. The summed E-state index contributed by atoms with van der Waals surface area (Å²) >= 11 is 6.15. The van der Waals surface area contributed by atoms with Gasteiger partial charge in [-0.2, -0.15) is 0 Å². The van der Waals surface area contributed by atoms with Gasteiger partial charge in [0.05, 0.1) is 11.6 Å². The zero-order chi connectivity index (χ0) is 24.1. The molecule has 1 amide bonds. The Kier molecular flexibility index (Phi) is 7.48. The summed E-state index contributed by atoms with van der Waals surface area (Å²) in [6.45, 7) is 1.75. The van der Waals surface area contributed by atoms with E-state index in [2.05, 4.69) is 5.32 Å². The van der Waals surface area contributed by atoms with E-state index < -0.39 is 30.0 Å². The number of aliphatic carboxylic acids is 1. The fourth-order valence-electron chi connectivity index (χ4n) is 3.58. The Morgan fingerprint density at radius 3 is 2.24 bits per heavy atom. The van der Waals surface area contributed by atoms with Gasteiger partial charge in [0.25, 0.3) is 5.91 Å². The molecule has 0 unspecified atom stereocenters. The van der Waals surface area contributed by atoms with Crippen molar-refractivity contribution >= 4 is 29.4 Å². The minimum atomic E-state index is -1.84. The summed E-state index contributed by atoms with van der Waals surface area (Å²) in [7, 11) is 0. The first-order valence-electron chi connectivity index (χ1n) is 10.1. The summed E-state index contributed by atoms with van der Waals surface area (Å²) in [5.41, 5.74) is 2.81. The van der Waals surface area contributed by atoms with Crippen LogP contribution < -0.4 is 5.32 Å². The first-order valence-corrected chi connectivity index (χ1v) is 10.4. The highest BCUT2D eigenvalue weighted by Gasteiger charge is 2.28. The number of nitrogens with one attached hydrogen (secondary N) is 1. The van der Waals surface area contributed by atoms with Gasteiger partial charge in [-0.05, 0) is 59.9 Å². The molecule has 0 aliphatic carbocycles. The summed E-state index contributed by atoms with van der Waals surface area (Å²) in [6, 6.07) is 17.0. The summed E-state index contributed by atoms with van der Waals surface area (Å²) < 4.78 is 0. The fourth-order valence-corrected chi connectivity index (χ4v) is 3.79. The molecule has 3 aromatic carbocycles. The van der Waals surface area contributed by atoms with Crippen molar-refractivity contribution in [2.45, 2.75) is 25.5 Å². The predicted octanol–water partition coefficient (Wildman–Crippen LogP) is 3.80. The van der Waals surface area contributed by atoms with Crippen LogP contribution in [0.1, 0.15) is 31.8 Å². The number of carbonyl (C=O) groups excluding carboxylic acids is 1. The van der Waals surface area contributed by atoms with Crippen LogP contribution in [0.4, 0.5) is 0 Å². The van der Waals surface area contributed by atoms with Gasteiger partial charge in [-0.3, -0.25) is 4.79 Å². The summed E-state index contributed by atoms with van der Waals surface area (Å²) in [6.07, 6.45) is -1.82. The molecule has 2 atom stereocenters. The van der Waals surface area contributed by atoms with Crippen molar-refractivity contribution in [3.63, 3.8) is 0 Å². The number of rotatable bonds is 8. The second-order valence-corrected chi connectivity index (χ2v) is 7.95. The van der Waals surface area contributed by atoms with Crippen LogP contribution in [-0.4, -0.2) is 45.3 Å². The maximum Gasteiger partial charge on any atom is 0.336 e. The van der Waals surface area contributed by atoms with Crippen LogP contribution in [0.2, 0.25) is 5.02 Å².